The molecule has 6 heteroatoms. The molecular formula is C13H23NO5. The lowest BCUT2D eigenvalue weighted by Gasteiger charge is -2.29. The van der Waals surface area contributed by atoms with Crippen molar-refractivity contribution in [1.82, 2.24) is 5.32 Å². The molecule has 0 radical (unpaired) electrons. The quantitative estimate of drug-likeness (QED) is 0.774. The Hall–Kier alpha value is -1.14. The third kappa shape index (κ3) is 4.47. The molecule has 1 unspecified atom stereocenters. The molecular weight excluding hydrogens is 250 g/mol. The Morgan fingerprint density at radius 3 is 2.37 bits per heavy atom. The van der Waals surface area contributed by atoms with Gasteiger partial charge in [-0.15, -0.1) is 0 Å². The average Bonchev–Trinajstić information content (AvgIpc) is 2.77. The molecule has 1 fully saturated rings. The van der Waals surface area contributed by atoms with Crippen LogP contribution in [0.15, 0.2) is 0 Å². The molecule has 1 aliphatic heterocycles. The minimum Gasteiger partial charge on any atom is -0.479 e. The molecule has 0 aromatic heterocycles. The van der Waals surface area contributed by atoms with Gasteiger partial charge in [0.2, 0.25) is 5.91 Å². The highest BCUT2D eigenvalue weighted by Gasteiger charge is 2.35. The standard InChI is InChI=1S/C13H23NO5/c1-13(2,3)10(18-4)7-14-11(15)8-5-6-9(19-8)12(16)17/h8-10H,5-7H2,1-4H3,(H,14,15)(H,16,17)/t8-,9+,10?/m0/s1. The largest absolute Gasteiger partial charge is 0.479 e. The molecule has 1 amide bonds. The molecule has 19 heavy (non-hydrogen) atoms. The van der Waals surface area contributed by atoms with Crippen molar-refractivity contribution in [2.75, 3.05) is 13.7 Å². The number of carbonyl (C=O) groups is 2. The molecule has 0 aromatic carbocycles. The van der Waals surface area contributed by atoms with Gasteiger partial charge in [-0.25, -0.2) is 4.79 Å². The highest BCUT2D eigenvalue weighted by Crippen LogP contribution is 2.22. The summed E-state index contributed by atoms with van der Waals surface area (Å²) in [6.45, 7) is 6.47. The molecule has 0 saturated carbocycles. The Labute approximate surface area is 113 Å². The summed E-state index contributed by atoms with van der Waals surface area (Å²) in [5.74, 6) is -1.28. The lowest BCUT2D eigenvalue weighted by atomic mass is 9.89. The minimum absolute atomic E-state index is 0.0812. The molecule has 1 saturated heterocycles. The zero-order valence-electron chi connectivity index (χ0n) is 11.9. The smallest absolute Gasteiger partial charge is 0.332 e. The van der Waals surface area contributed by atoms with Crippen molar-refractivity contribution in [2.24, 2.45) is 5.41 Å². The Balaban J connectivity index is 2.42. The first-order chi connectivity index (χ1) is 8.75. The lowest BCUT2D eigenvalue weighted by molar-refractivity contribution is -0.151. The molecule has 0 spiro atoms. The average molecular weight is 273 g/mol. The third-order valence-electron chi connectivity index (χ3n) is 3.30. The maximum Gasteiger partial charge on any atom is 0.332 e. The van der Waals surface area contributed by atoms with Crippen LogP contribution < -0.4 is 5.32 Å². The van der Waals surface area contributed by atoms with E-state index in [4.69, 9.17) is 14.6 Å². The van der Waals surface area contributed by atoms with Crippen LogP contribution in [-0.2, 0) is 19.1 Å². The second kappa shape index (κ2) is 6.34. The predicted octanol–water partition coefficient (Wildman–Crippen LogP) is 0.796. The first kappa shape index (κ1) is 15.9. The summed E-state index contributed by atoms with van der Waals surface area (Å²) in [6, 6.07) is 0. The number of rotatable bonds is 5. The van der Waals surface area contributed by atoms with Crippen molar-refractivity contribution in [2.45, 2.75) is 51.9 Å². The molecule has 0 aromatic rings. The number of carbonyl (C=O) groups excluding carboxylic acids is 1. The van der Waals surface area contributed by atoms with Crippen LogP contribution in [0.3, 0.4) is 0 Å². The van der Waals surface area contributed by atoms with E-state index >= 15 is 0 Å². The Kier molecular flexibility index (Phi) is 5.31. The molecule has 0 aliphatic carbocycles. The number of ether oxygens (including phenoxy) is 2. The highest BCUT2D eigenvalue weighted by molar-refractivity contribution is 5.82. The molecule has 1 aliphatic rings. The van der Waals surface area contributed by atoms with Crippen LogP contribution in [0.2, 0.25) is 0 Å². The van der Waals surface area contributed by atoms with E-state index in [9.17, 15) is 9.59 Å². The number of methoxy groups -OCH3 is 1. The molecule has 3 atom stereocenters. The fraction of sp³-hybridized carbons (Fsp3) is 0.846. The fourth-order valence-corrected chi connectivity index (χ4v) is 2.06. The molecule has 2 N–H and O–H groups in total. The topological polar surface area (TPSA) is 84.9 Å². The minimum atomic E-state index is -1.01. The summed E-state index contributed by atoms with van der Waals surface area (Å²) in [5.41, 5.74) is -0.0812. The summed E-state index contributed by atoms with van der Waals surface area (Å²) in [6.07, 6.45) is -0.820. The van der Waals surface area contributed by atoms with E-state index in [2.05, 4.69) is 5.32 Å². The van der Waals surface area contributed by atoms with Crippen molar-refractivity contribution in [3.63, 3.8) is 0 Å². The van der Waals surface area contributed by atoms with Gasteiger partial charge < -0.3 is 19.9 Å². The molecule has 6 nitrogen and oxygen atoms in total. The van der Waals surface area contributed by atoms with Crippen LogP contribution in [0.5, 0.6) is 0 Å². The summed E-state index contributed by atoms with van der Waals surface area (Å²) in [7, 11) is 1.61. The van der Waals surface area contributed by atoms with E-state index in [0.29, 0.717) is 19.4 Å². The summed E-state index contributed by atoms with van der Waals surface area (Å²) < 4.78 is 10.5. The van der Waals surface area contributed by atoms with Gasteiger partial charge in [0.25, 0.3) is 0 Å². The van der Waals surface area contributed by atoms with E-state index in [-0.39, 0.29) is 17.4 Å². The van der Waals surface area contributed by atoms with E-state index < -0.39 is 18.2 Å². The Bertz CT molecular complexity index is 336. The lowest BCUT2D eigenvalue weighted by Crippen LogP contribution is -2.44. The zero-order valence-corrected chi connectivity index (χ0v) is 11.9. The van der Waals surface area contributed by atoms with Crippen molar-refractivity contribution >= 4 is 11.9 Å². The maximum atomic E-state index is 11.9. The Morgan fingerprint density at radius 2 is 1.95 bits per heavy atom. The van der Waals surface area contributed by atoms with Crippen molar-refractivity contribution < 1.29 is 24.2 Å². The van der Waals surface area contributed by atoms with Gasteiger partial charge in [0.1, 0.15) is 6.10 Å². The number of hydrogen-bond acceptors (Lipinski definition) is 4. The number of nitrogens with one attached hydrogen (secondary N) is 1. The van der Waals surface area contributed by atoms with E-state index in [1.807, 2.05) is 20.8 Å². The molecule has 0 bridgehead atoms. The normalized spacial score (nSPS) is 25.1. The third-order valence-corrected chi connectivity index (χ3v) is 3.30. The van der Waals surface area contributed by atoms with Crippen LogP contribution in [0.25, 0.3) is 0 Å². The van der Waals surface area contributed by atoms with Gasteiger partial charge in [-0.3, -0.25) is 4.79 Å². The number of carboxylic acids is 1. The van der Waals surface area contributed by atoms with E-state index in [0.717, 1.165) is 0 Å². The monoisotopic (exact) mass is 273 g/mol. The van der Waals surface area contributed by atoms with Crippen LogP contribution >= 0.6 is 0 Å². The highest BCUT2D eigenvalue weighted by atomic mass is 16.5. The van der Waals surface area contributed by atoms with E-state index in [1.54, 1.807) is 7.11 Å². The second-order valence-electron chi connectivity index (χ2n) is 5.86. The molecule has 110 valence electrons. The van der Waals surface area contributed by atoms with Crippen LogP contribution in [0, 0.1) is 5.41 Å². The first-order valence-electron chi connectivity index (χ1n) is 6.44. The van der Waals surface area contributed by atoms with Gasteiger partial charge in [-0.05, 0) is 18.3 Å². The summed E-state index contributed by atoms with van der Waals surface area (Å²) >= 11 is 0. The Morgan fingerprint density at radius 1 is 1.37 bits per heavy atom. The maximum absolute atomic E-state index is 11.9. The summed E-state index contributed by atoms with van der Waals surface area (Å²) in [5, 5.41) is 11.6. The molecule has 1 heterocycles. The fourth-order valence-electron chi connectivity index (χ4n) is 2.06. The van der Waals surface area contributed by atoms with E-state index in [1.165, 1.54) is 0 Å². The number of carboxylic acid groups (broad SMARTS) is 1. The SMILES string of the molecule is COC(CNC(=O)[C@@H]1CC[C@H](C(=O)O)O1)C(C)(C)C. The van der Waals surface area contributed by atoms with Gasteiger partial charge in [0.05, 0.1) is 6.10 Å². The second-order valence-corrected chi connectivity index (χ2v) is 5.86. The first-order valence-corrected chi connectivity index (χ1v) is 6.44. The van der Waals surface area contributed by atoms with Crippen LogP contribution in [0.4, 0.5) is 0 Å². The van der Waals surface area contributed by atoms with Crippen LogP contribution in [0.1, 0.15) is 33.6 Å². The van der Waals surface area contributed by atoms with Gasteiger partial charge in [0.15, 0.2) is 6.10 Å². The number of aliphatic carboxylic acids is 1. The van der Waals surface area contributed by atoms with Crippen LogP contribution in [-0.4, -0.2) is 48.9 Å². The van der Waals surface area contributed by atoms with Crippen molar-refractivity contribution in [3.8, 4) is 0 Å². The molecule has 1 rings (SSSR count). The zero-order chi connectivity index (χ0) is 14.6. The van der Waals surface area contributed by atoms with Gasteiger partial charge in [-0.1, -0.05) is 20.8 Å². The van der Waals surface area contributed by atoms with Crippen molar-refractivity contribution in [3.05, 3.63) is 0 Å². The predicted molar refractivity (Wildman–Crippen MR) is 68.8 cm³/mol. The van der Waals surface area contributed by atoms with Crippen molar-refractivity contribution in [1.29, 1.82) is 0 Å². The van der Waals surface area contributed by atoms with Gasteiger partial charge >= 0.3 is 5.97 Å². The number of amides is 1. The number of hydrogen-bond donors (Lipinski definition) is 2. The summed E-state index contributed by atoms with van der Waals surface area (Å²) in [4.78, 5) is 22.6. The van der Waals surface area contributed by atoms with Gasteiger partial charge in [-0.2, -0.15) is 0 Å². The van der Waals surface area contributed by atoms with Gasteiger partial charge in [0, 0.05) is 13.7 Å².